The molecule has 0 unspecified atom stereocenters. The largest absolute Gasteiger partial charge is 0.483 e. The van der Waals surface area contributed by atoms with Crippen LogP contribution in [0.15, 0.2) is 28.7 Å². The number of carbonyl (C=O) groups is 1. The highest BCUT2D eigenvalue weighted by molar-refractivity contribution is 9.10. The summed E-state index contributed by atoms with van der Waals surface area (Å²) in [7, 11) is 0. The number of nitriles is 1. The average molecular weight is 377 g/mol. The van der Waals surface area contributed by atoms with Crippen molar-refractivity contribution in [3.63, 3.8) is 0 Å². The van der Waals surface area contributed by atoms with Crippen LogP contribution in [-0.4, -0.2) is 12.5 Å². The first-order chi connectivity index (χ1) is 10.7. The zero-order chi connectivity index (χ0) is 15.5. The maximum absolute atomic E-state index is 12.0. The molecule has 4 nitrogen and oxygen atoms in total. The van der Waals surface area contributed by atoms with Crippen molar-refractivity contribution in [2.24, 2.45) is 0 Å². The Labute approximate surface area is 140 Å². The van der Waals surface area contributed by atoms with Gasteiger partial charge in [0.25, 0.3) is 5.91 Å². The Balaban J connectivity index is 1.66. The first kappa shape index (κ1) is 15.1. The molecule has 1 aromatic heterocycles. The lowest BCUT2D eigenvalue weighted by atomic mass is 10.1. The maximum atomic E-state index is 12.0. The number of thiophene rings is 1. The second-order valence-electron chi connectivity index (χ2n) is 4.94. The van der Waals surface area contributed by atoms with Crippen molar-refractivity contribution in [3.8, 4) is 11.8 Å². The molecular formula is C16H13BrN2O2S. The molecular weight excluding hydrogens is 364 g/mol. The predicted molar refractivity (Wildman–Crippen MR) is 89.3 cm³/mol. The number of nitrogens with zero attached hydrogens (tertiary/aromatic N) is 1. The van der Waals surface area contributed by atoms with Gasteiger partial charge >= 0.3 is 0 Å². The molecule has 1 aromatic carbocycles. The summed E-state index contributed by atoms with van der Waals surface area (Å²) in [6.45, 7) is -0.0873. The van der Waals surface area contributed by atoms with E-state index in [1.54, 1.807) is 6.07 Å². The van der Waals surface area contributed by atoms with Gasteiger partial charge in [-0.05, 0) is 52.9 Å². The van der Waals surface area contributed by atoms with Crippen molar-refractivity contribution in [3.05, 3.63) is 44.7 Å². The molecule has 0 bridgehead atoms. The fourth-order valence-corrected chi connectivity index (χ4v) is 4.13. The number of halogens is 1. The number of aryl methyl sites for hydroxylation is 1. The van der Waals surface area contributed by atoms with Gasteiger partial charge in [0.2, 0.25) is 0 Å². The second kappa shape index (κ2) is 6.51. The lowest BCUT2D eigenvalue weighted by Gasteiger charge is -2.08. The zero-order valence-electron chi connectivity index (χ0n) is 11.7. The number of amides is 1. The van der Waals surface area contributed by atoms with Gasteiger partial charge in [0.15, 0.2) is 6.61 Å². The predicted octanol–water partition coefficient (Wildman–Crippen LogP) is 3.89. The molecule has 0 radical (unpaired) electrons. The molecule has 0 fully saturated rings. The number of rotatable bonds is 4. The number of nitrogens with one attached hydrogen (secondary N) is 1. The third-order valence-electron chi connectivity index (χ3n) is 3.48. The molecule has 0 saturated carbocycles. The normalized spacial score (nSPS) is 12.5. The summed E-state index contributed by atoms with van der Waals surface area (Å²) in [5.41, 5.74) is 1.72. The average Bonchev–Trinajstić information content (AvgIpc) is 3.06. The SMILES string of the molecule is N#Cc1c(NC(=O)COc2ccccc2Br)sc2c1CCC2. The summed E-state index contributed by atoms with van der Waals surface area (Å²) in [4.78, 5) is 13.3. The quantitative estimate of drug-likeness (QED) is 0.880. The number of ether oxygens (including phenoxy) is 1. The number of fused-ring (bicyclic) bond motifs is 1. The van der Waals surface area contributed by atoms with Gasteiger partial charge in [0.05, 0.1) is 10.0 Å². The van der Waals surface area contributed by atoms with E-state index in [-0.39, 0.29) is 12.5 Å². The summed E-state index contributed by atoms with van der Waals surface area (Å²) < 4.78 is 6.29. The Morgan fingerprint density at radius 3 is 3.00 bits per heavy atom. The van der Waals surface area contributed by atoms with Gasteiger partial charge in [0, 0.05) is 4.88 Å². The molecule has 3 rings (SSSR count). The van der Waals surface area contributed by atoms with Crippen molar-refractivity contribution < 1.29 is 9.53 Å². The lowest BCUT2D eigenvalue weighted by Crippen LogP contribution is -2.20. The van der Waals surface area contributed by atoms with E-state index in [1.165, 1.54) is 16.2 Å². The van der Waals surface area contributed by atoms with Crippen LogP contribution in [0.3, 0.4) is 0 Å². The van der Waals surface area contributed by atoms with E-state index in [9.17, 15) is 10.1 Å². The summed E-state index contributed by atoms with van der Waals surface area (Å²) >= 11 is 4.88. The molecule has 22 heavy (non-hydrogen) atoms. The number of anilines is 1. The fourth-order valence-electron chi connectivity index (χ4n) is 2.48. The fraction of sp³-hybridized carbons (Fsp3) is 0.250. The van der Waals surface area contributed by atoms with Crippen LogP contribution in [0.2, 0.25) is 0 Å². The van der Waals surface area contributed by atoms with Gasteiger partial charge < -0.3 is 10.1 Å². The highest BCUT2D eigenvalue weighted by Crippen LogP contribution is 2.38. The summed E-state index contributed by atoms with van der Waals surface area (Å²) in [5, 5.41) is 12.7. The molecule has 0 spiro atoms. The highest BCUT2D eigenvalue weighted by atomic mass is 79.9. The molecule has 1 heterocycles. The number of hydrogen-bond acceptors (Lipinski definition) is 4. The zero-order valence-corrected chi connectivity index (χ0v) is 14.1. The minimum Gasteiger partial charge on any atom is -0.483 e. The van der Waals surface area contributed by atoms with Crippen LogP contribution in [0.5, 0.6) is 5.75 Å². The van der Waals surface area contributed by atoms with E-state index in [0.29, 0.717) is 16.3 Å². The molecule has 112 valence electrons. The van der Waals surface area contributed by atoms with E-state index in [2.05, 4.69) is 27.3 Å². The van der Waals surface area contributed by atoms with Crippen molar-refractivity contribution >= 4 is 38.2 Å². The van der Waals surface area contributed by atoms with Crippen molar-refractivity contribution in [1.29, 1.82) is 5.26 Å². The van der Waals surface area contributed by atoms with Gasteiger partial charge in [0.1, 0.15) is 16.8 Å². The van der Waals surface area contributed by atoms with Crippen LogP contribution in [-0.2, 0) is 17.6 Å². The summed E-state index contributed by atoms with van der Waals surface area (Å²) in [6.07, 6.45) is 3.02. The molecule has 1 N–H and O–H groups in total. The number of benzene rings is 1. The third kappa shape index (κ3) is 3.01. The number of carbonyl (C=O) groups excluding carboxylic acids is 1. The lowest BCUT2D eigenvalue weighted by molar-refractivity contribution is -0.118. The van der Waals surface area contributed by atoms with Crippen LogP contribution < -0.4 is 10.1 Å². The first-order valence-corrected chi connectivity index (χ1v) is 8.52. The molecule has 1 aliphatic carbocycles. The topological polar surface area (TPSA) is 62.1 Å². The Hall–Kier alpha value is -1.84. The van der Waals surface area contributed by atoms with E-state index < -0.39 is 0 Å². The second-order valence-corrected chi connectivity index (χ2v) is 6.90. The van der Waals surface area contributed by atoms with Crippen LogP contribution in [0.1, 0.15) is 22.4 Å². The van der Waals surface area contributed by atoms with Gasteiger partial charge in [-0.3, -0.25) is 4.79 Å². The molecule has 0 saturated heterocycles. The van der Waals surface area contributed by atoms with Gasteiger partial charge in [-0.15, -0.1) is 11.3 Å². The third-order valence-corrected chi connectivity index (χ3v) is 5.34. The van der Waals surface area contributed by atoms with Crippen molar-refractivity contribution in [1.82, 2.24) is 0 Å². The van der Waals surface area contributed by atoms with Crippen LogP contribution in [0, 0.1) is 11.3 Å². The van der Waals surface area contributed by atoms with Gasteiger partial charge in [-0.25, -0.2) is 0 Å². The van der Waals surface area contributed by atoms with Gasteiger partial charge in [-0.2, -0.15) is 5.26 Å². The molecule has 1 aliphatic rings. The van der Waals surface area contributed by atoms with E-state index in [1.807, 2.05) is 18.2 Å². The smallest absolute Gasteiger partial charge is 0.262 e. The minimum atomic E-state index is -0.257. The Bertz CT molecular complexity index is 764. The molecule has 0 aliphatic heterocycles. The number of hydrogen-bond donors (Lipinski definition) is 1. The Kier molecular flexibility index (Phi) is 4.46. The summed E-state index contributed by atoms with van der Waals surface area (Å²) in [6, 6.07) is 9.57. The van der Waals surface area contributed by atoms with Gasteiger partial charge in [-0.1, -0.05) is 12.1 Å². The standard InChI is InChI=1S/C16H13BrN2O2S/c17-12-5-1-2-6-13(12)21-9-15(20)19-16-11(8-18)10-4-3-7-14(10)22-16/h1-2,5-6H,3-4,7,9H2,(H,19,20). The Morgan fingerprint density at radius 2 is 2.23 bits per heavy atom. The Morgan fingerprint density at radius 1 is 1.41 bits per heavy atom. The highest BCUT2D eigenvalue weighted by Gasteiger charge is 2.23. The number of para-hydroxylation sites is 1. The van der Waals surface area contributed by atoms with Crippen molar-refractivity contribution in [2.75, 3.05) is 11.9 Å². The minimum absolute atomic E-state index is 0.0873. The first-order valence-electron chi connectivity index (χ1n) is 6.91. The van der Waals surface area contributed by atoms with E-state index >= 15 is 0 Å². The van der Waals surface area contributed by atoms with E-state index in [0.717, 1.165) is 29.3 Å². The molecule has 0 atom stereocenters. The van der Waals surface area contributed by atoms with Crippen LogP contribution in [0.25, 0.3) is 0 Å². The molecule has 2 aromatic rings. The maximum Gasteiger partial charge on any atom is 0.262 e. The monoisotopic (exact) mass is 376 g/mol. The van der Waals surface area contributed by atoms with Crippen LogP contribution >= 0.6 is 27.3 Å². The van der Waals surface area contributed by atoms with Crippen molar-refractivity contribution in [2.45, 2.75) is 19.3 Å². The van der Waals surface area contributed by atoms with Crippen LogP contribution in [0.4, 0.5) is 5.00 Å². The molecule has 1 amide bonds. The molecule has 6 heteroatoms. The van der Waals surface area contributed by atoms with E-state index in [4.69, 9.17) is 4.74 Å². The summed E-state index contributed by atoms with van der Waals surface area (Å²) in [5.74, 6) is 0.360.